The predicted molar refractivity (Wildman–Crippen MR) is 65.2 cm³/mol. The fourth-order valence-electron chi connectivity index (χ4n) is 1.48. The third-order valence-corrected chi connectivity index (χ3v) is 3.36. The number of aryl methyl sites for hydroxylation is 1. The molecule has 1 aromatic heterocycles. The van der Waals surface area contributed by atoms with Crippen LogP contribution in [-0.4, -0.2) is 4.98 Å². The zero-order valence-electron chi connectivity index (χ0n) is 8.73. The average Bonchev–Trinajstić information content (AvgIpc) is 2.61. The molecule has 0 amide bonds. The van der Waals surface area contributed by atoms with Crippen LogP contribution in [0.1, 0.15) is 23.2 Å². The zero-order chi connectivity index (χ0) is 10.7. The van der Waals surface area contributed by atoms with Gasteiger partial charge in [0.1, 0.15) is 5.00 Å². The number of anilines is 1. The van der Waals surface area contributed by atoms with E-state index in [0.29, 0.717) is 0 Å². The van der Waals surface area contributed by atoms with Crippen LogP contribution in [-0.2, 0) is 12.8 Å². The topological polar surface area (TPSA) is 38.9 Å². The number of rotatable bonds is 3. The Morgan fingerprint density at radius 2 is 2.00 bits per heavy atom. The first kappa shape index (κ1) is 10.2. The smallest absolute Gasteiger partial charge is 0.110 e. The first-order valence-electron chi connectivity index (χ1n) is 5.07. The molecule has 0 spiro atoms. The summed E-state index contributed by atoms with van der Waals surface area (Å²) in [6.07, 6.45) is 1.80. The molecular formula is C12H14N2S. The molecule has 2 nitrogen and oxygen atoms in total. The lowest BCUT2D eigenvalue weighted by Gasteiger charge is -1.98. The van der Waals surface area contributed by atoms with Crippen molar-refractivity contribution in [1.82, 2.24) is 4.98 Å². The Kier molecular flexibility index (Phi) is 3.02. The Morgan fingerprint density at radius 3 is 2.60 bits per heavy atom. The molecule has 0 fully saturated rings. The van der Waals surface area contributed by atoms with Gasteiger partial charge in [-0.2, -0.15) is 0 Å². The van der Waals surface area contributed by atoms with Crippen molar-refractivity contribution in [3.05, 3.63) is 46.6 Å². The molecule has 2 rings (SSSR count). The van der Waals surface area contributed by atoms with Crippen molar-refractivity contribution in [2.24, 2.45) is 0 Å². The van der Waals surface area contributed by atoms with Crippen molar-refractivity contribution in [3.8, 4) is 0 Å². The zero-order valence-corrected chi connectivity index (χ0v) is 9.55. The van der Waals surface area contributed by atoms with E-state index >= 15 is 0 Å². The van der Waals surface area contributed by atoms with Gasteiger partial charge in [-0.25, -0.2) is 4.98 Å². The molecule has 0 aliphatic heterocycles. The molecule has 0 saturated carbocycles. The van der Waals surface area contributed by atoms with Gasteiger partial charge in [-0.15, -0.1) is 11.3 Å². The van der Waals surface area contributed by atoms with Crippen LogP contribution in [0.15, 0.2) is 30.3 Å². The molecule has 0 unspecified atom stereocenters. The van der Waals surface area contributed by atoms with E-state index < -0.39 is 0 Å². The molecule has 3 heteroatoms. The van der Waals surface area contributed by atoms with Gasteiger partial charge >= 0.3 is 0 Å². The van der Waals surface area contributed by atoms with Crippen molar-refractivity contribution in [3.63, 3.8) is 0 Å². The van der Waals surface area contributed by atoms with Crippen molar-refractivity contribution in [1.29, 1.82) is 0 Å². The van der Waals surface area contributed by atoms with E-state index in [1.165, 1.54) is 5.56 Å². The fraction of sp³-hybridized carbons (Fsp3) is 0.250. The van der Waals surface area contributed by atoms with E-state index in [9.17, 15) is 0 Å². The van der Waals surface area contributed by atoms with Crippen molar-refractivity contribution in [2.75, 3.05) is 5.73 Å². The van der Waals surface area contributed by atoms with E-state index in [1.807, 2.05) is 18.2 Å². The summed E-state index contributed by atoms with van der Waals surface area (Å²) in [5.41, 5.74) is 8.20. The lowest BCUT2D eigenvalue weighted by Crippen LogP contribution is -1.93. The summed E-state index contributed by atoms with van der Waals surface area (Å²) in [5, 5.41) is 1.98. The largest absolute Gasteiger partial charge is 0.389 e. The molecule has 2 aromatic rings. The van der Waals surface area contributed by atoms with Crippen LogP contribution >= 0.6 is 11.3 Å². The number of nitrogen functional groups attached to an aromatic ring is 1. The van der Waals surface area contributed by atoms with E-state index in [1.54, 1.807) is 11.3 Å². The summed E-state index contributed by atoms with van der Waals surface area (Å²) in [6, 6.07) is 10.3. The quantitative estimate of drug-likeness (QED) is 0.860. The Morgan fingerprint density at radius 1 is 1.27 bits per heavy atom. The van der Waals surface area contributed by atoms with Gasteiger partial charge in [0.15, 0.2) is 0 Å². The Bertz CT molecular complexity index is 434. The number of hydrogen-bond acceptors (Lipinski definition) is 3. The van der Waals surface area contributed by atoms with Gasteiger partial charge in [0, 0.05) is 6.42 Å². The van der Waals surface area contributed by atoms with Crippen LogP contribution in [0.25, 0.3) is 0 Å². The monoisotopic (exact) mass is 218 g/mol. The van der Waals surface area contributed by atoms with Crippen molar-refractivity contribution < 1.29 is 0 Å². The maximum absolute atomic E-state index is 5.92. The number of nitrogens with zero attached hydrogens (tertiary/aromatic N) is 1. The fourth-order valence-corrected chi connectivity index (χ4v) is 2.27. The number of hydrogen-bond donors (Lipinski definition) is 1. The van der Waals surface area contributed by atoms with Crippen LogP contribution in [0.2, 0.25) is 0 Å². The molecule has 0 saturated heterocycles. The first-order valence-corrected chi connectivity index (χ1v) is 5.89. The van der Waals surface area contributed by atoms with Crippen LogP contribution in [0.5, 0.6) is 0 Å². The lowest BCUT2D eigenvalue weighted by molar-refractivity contribution is 1.03. The Labute approximate surface area is 93.8 Å². The second-order valence-electron chi connectivity index (χ2n) is 3.43. The summed E-state index contributed by atoms with van der Waals surface area (Å²) < 4.78 is 0. The van der Waals surface area contributed by atoms with Crippen molar-refractivity contribution in [2.45, 2.75) is 19.8 Å². The SMILES string of the molecule is CCc1nc(Cc2ccccc2)c(N)s1. The van der Waals surface area contributed by atoms with Gasteiger partial charge in [-0.05, 0) is 12.0 Å². The minimum Gasteiger partial charge on any atom is -0.389 e. The molecule has 0 radical (unpaired) electrons. The van der Waals surface area contributed by atoms with Gasteiger partial charge in [-0.3, -0.25) is 0 Å². The molecule has 2 N–H and O–H groups in total. The van der Waals surface area contributed by atoms with Crippen LogP contribution in [0.4, 0.5) is 5.00 Å². The summed E-state index contributed by atoms with van der Waals surface area (Å²) in [7, 11) is 0. The first-order chi connectivity index (χ1) is 7.29. The normalized spacial score (nSPS) is 10.5. The second kappa shape index (κ2) is 4.45. The minimum atomic E-state index is 0.836. The summed E-state index contributed by atoms with van der Waals surface area (Å²) in [4.78, 5) is 4.52. The highest BCUT2D eigenvalue weighted by atomic mass is 32.1. The lowest BCUT2D eigenvalue weighted by atomic mass is 10.1. The molecule has 0 bridgehead atoms. The number of aromatic nitrogens is 1. The molecule has 1 aromatic carbocycles. The highest BCUT2D eigenvalue weighted by molar-refractivity contribution is 7.15. The summed E-state index contributed by atoms with van der Waals surface area (Å²) in [5.74, 6) is 0. The summed E-state index contributed by atoms with van der Waals surface area (Å²) in [6.45, 7) is 2.10. The Hall–Kier alpha value is -1.35. The van der Waals surface area contributed by atoms with Gasteiger partial charge in [-0.1, -0.05) is 37.3 Å². The Balaban J connectivity index is 2.21. The minimum absolute atomic E-state index is 0.836. The van der Waals surface area contributed by atoms with E-state index in [2.05, 4.69) is 24.0 Å². The van der Waals surface area contributed by atoms with Crippen LogP contribution < -0.4 is 5.73 Å². The van der Waals surface area contributed by atoms with E-state index in [0.717, 1.165) is 28.5 Å². The van der Waals surface area contributed by atoms with Gasteiger partial charge in [0.25, 0.3) is 0 Å². The van der Waals surface area contributed by atoms with Crippen LogP contribution in [0, 0.1) is 0 Å². The van der Waals surface area contributed by atoms with E-state index in [-0.39, 0.29) is 0 Å². The molecule has 0 atom stereocenters. The highest BCUT2D eigenvalue weighted by Gasteiger charge is 2.07. The molecule has 78 valence electrons. The third kappa shape index (κ3) is 2.36. The number of thiazole rings is 1. The van der Waals surface area contributed by atoms with Gasteiger partial charge in [0.2, 0.25) is 0 Å². The maximum Gasteiger partial charge on any atom is 0.110 e. The average molecular weight is 218 g/mol. The highest BCUT2D eigenvalue weighted by Crippen LogP contribution is 2.23. The molecule has 0 aliphatic carbocycles. The second-order valence-corrected chi connectivity index (χ2v) is 4.55. The molecule has 0 aliphatic rings. The molecular weight excluding hydrogens is 204 g/mol. The number of benzene rings is 1. The summed E-state index contributed by atoms with van der Waals surface area (Å²) >= 11 is 1.60. The predicted octanol–water partition coefficient (Wildman–Crippen LogP) is 2.88. The van der Waals surface area contributed by atoms with Gasteiger partial charge in [0.05, 0.1) is 10.7 Å². The van der Waals surface area contributed by atoms with Crippen molar-refractivity contribution >= 4 is 16.3 Å². The van der Waals surface area contributed by atoms with E-state index in [4.69, 9.17) is 5.73 Å². The number of nitrogens with two attached hydrogens (primary N) is 1. The standard InChI is InChI=1S/C12H14N2S/c1-2-11-14-10(12(13)15-11)8-9-6-4-3-5-7-9/h3-7H,2,8,13H2,1H3. The molecule has 15 heavy (non-hydrogen) atoms. The van der Waals surface area contributed by atoms with Crippen LogP contribution in [0.3, 0.4) is 0 Å². The maximum atomic E-state index is 5.92. The van der Waals surface area contributed by atoms with Gasteiger partial charge < -0.3 is 5.73 Å². The molecule has 1 heterocycles. The third-order valence-electron chi connectivity index (χ3n) is 2.29.